The lowest BCUT2D eigenvalue weighted by Crippen LogP contribution is -2.28. The second-order valence-corrected chi connectivity index (χ2v) is 7.81. The first-order valence-corrected chi connectivity index (χ1v) is 8.41. The Bertz CT molecular complexity index is 469. The molecule has 0 saturated carbocycles. The summed E-state index contributed by atoms with van der Waals surface area (Å²) in [6, 6.07) is 9.57. The number of ketones is 1. The molecule has 1 rings (SSSR count). The molecule has 0 aliphatic rings. The van der Waals surface area contributed by atoms with Crippen LogP contribution in [-0.2, 0) is 20.9 Å². The molecule has 0 spiro atoms. The lowest BCUT2D eigenvalue weighted by Gasteiger charge is -2.16. The lowest BCUT2D eigenvalue weighted by molar-refractivity contribution is -0.144. The third-order valence-electron chi connectivity index (χ3n) is 2.74. The number of rotatable bonds is 9. The Morgan fingerprint density at radius 3 is 2.50 bits per heavy atom. The molecule has 0 aliphatic carbocycles. The van der Waals surface area contributed by atoms with Crippen molar-refractivity contribution in [2.45, 2.75) is 38.5 Å². The fraction of sp³-hybridized carbons (Fsp3) is 0.529. The molecule has 0 radical (unpaired) electrons. The molecule has 0 amide bonds. The van der Waals surface area contributed by atoms with Crippen molar-refractivity contribution in [3.8, 4) is 0 Å². The highest BCUT2D eigenvalue weighted by Gasteiger charge is 2.13. The summed E-state index contributed by atoms with van der Waals surface area (Å²) in [7, 11) is 0. The van der Waals surface area contributed by atoms with Gasteiger partial charge in [-0.05, 0) is 5.56 Å². The summed E-state index contributed by atoms with van der Waals surface area (Å²) in [6.45, 7) is 7.30. The summed E-state index contributed by atoms with van der Waals surface area (Å²) in [6.07, 6.45) is 0.270. The molecule has 0 aliphatic heterocycles. The SMILES string of the molecule is CC(C)(C)SCC(=O)CNCCC(=O)OCc1ccccc1. The summed E-state index contributed by atoms with van der Waals surface area (Å²) in [4.78, 5) is 23.2. The number of Topliss-reactive ketones (excluding diaryl/α,β-unsaturated/α-hetero) is 1. The number of thioether (sulfide) groups is 1. The number of esters is 1. The molecule has 0 aromatic heterocycles. The summed E-state index contributed by atoms with van der Waals surface area (Å²) < 4.78 is 5.25. The van der Waals surface area contributed by atoms with Crippen molar-refractivity contribution >= 4 is 23.5 Å². The number of ether oxygens (including phenoxy) is 1. The summed E-state index contributed by atoms with van der Waals surface area (Å²) in [5.41, 5.74) is 0.971. The number of hydrogen-bond acceptors (Lipinski definition) is 5. The third-order valence-corrected chi connectivity index (χ3v) is 4.07. The minimum absolute atomic E-state index is 0.0942. The van der Waals surface area contributed by atoms with Crippen LogP contribution >= 0.6 is 11.8 Å². The zero-order valence-electron chi connectivity index (χ0n) is 13.6. The predicted molar refractivity (Wildman–Crippen MR) is 90.9 cm³/mol. The Morgan fingerprint density at radius 1 is 1.18 bits per heavy atom. The molecular weight excluding hydrogens is 298 g/mol. The van der Waals surface area contributed by atoms with Gasteiger partial charge in [0.2, 0.25) is 0 Å². The molecule has 0 saturated heterocycles. The second-order valence-electron chi connectivity index (χ2n) is 6.01. The van der Waals surface area contributed by atoms with Gasteiger partial charge in [-0.1, -0.05) is 51.1 Å². The van der Waals surface area contributed by atoms with Crippen molar-refractivity contribution in [2.75, 3.05) is 18.8 Å². The number of nitrogens with one attached hydrogen (secondary N) is 1. The molecule has 0 fully saturated rings. The van der Waals surface area contributed by atoms with Gasteiger partial charge < -0.3 is 10.1 Å². The maximum atomic E-state index is 11.6. The second kappa shape index (κ2) is 9.64. The van der Waals surface area contributed by atoms with Crippen molar-refractivity contribution in [2.24, 2.45) is 0 Å². The first kappa shape index (κ1) is 18.7. The van der Waals surface area contributed by atoms with Crippen molar-refractivity contribution in [3.63, 3.8) is 0 Å². The van der Waals surface area contributed by atoms with Gasteiger partial charge in [0.25, 0.3) is 0 Å². The van der Waals surface area contributed by atoms with Gasteiger partial charge in [-0.25, -0.2) is 0 Å². The highest BCUT2D eigenvalue weighted by molar-refractivity contribution is 8.01. The van der Waals surface area contributed by atoms with Gasteiger partial charge in [-0.2, -0.15) is 0 Å². The van der Waals surface area contributed by atoms with Gasteiger partial charge in [0.15, 0.2) is 5.78 Å². The zero-order valence-corrected chi connectivity index (χ0v) is 14.4. The Kier molecular flexibility index (Phi) is 8.20. The van der Waals surface area contributed by atoms with Crippen molar-refractivity contribution in [1.82, 2.24) is 5.32 Å². The zero-order chi connectivity index (χ0) is 16.4. The molecule has 1 aromatic carbocycles. The Hall–Kier alpha value is -1.33. The standard InChI is InChI=1S/C17H25NO3S/c1-17(2,3)22-13-15(19)11-18-10-9-16(20)21-12-14-7-5-4-6-8-14/h4-8,18H,9-13H2,1-3H3. The largest absolute Gasteiger partial charge is 0.461 e. The maximum absolute atomic E-state index is 11.6. The fourth-order valence-corrected chi connectivity index (χ4v) is 2.27. The van der Waals surface area contributed by atoms with E-state index in [1.165, 1.54) is 0 Å². The van der Waals surface area contributed by atoms with Crippen LogP contribution in [-0.4, -0.2) is 35.3 Å². The van der Waals surface area contributed by atoms with Gasteiger partial charge in [0, 0.05) is 11.3 Å². The van der Waals surface area contributed by atoms with E-state index in [2.05, 4.69) is 26.1 Å². The van der Waals surface area contributed by atoms with Gasteiger partial charge >= 0.3 is 5.97 Å². The number of carbonyl (C=O) groups is 2. The van der Waals surface area contributed by atoms with Crippen LogP contribution in [0.3, 0.4) is 0 Å². The Balaban J connectivity index is 2.06. The fourth-order valence-electron chi connectivity index (χ4n) is 1.58. The van der Waals surface area contributed by atoms with Crippen molar-refractivity contribution in [3.05, 3.63) is 35.9 Å². The van der Waals surface area contributed by atoms with Crippen LogP contribution in [0.2, 0.25) is 0 Å². The first-order chi connectivity index (χ1) is 10.4. The van der Waals surface area contributed by atoms with E-state index in [1.54, 1.807) is 11.8 Å². The minimum atomic E-state index is -0.257. The van der Waals surface area contributed by atoms with Crippen molar-refractivity contribution < 1.29 is 14.3 Å². The predicted octanol–water partition coefficient (Wildman–Crippen LogP) is 2.81. The number of hydrogen-bond donors (Lipinski definition) is 1. The monoisotopic (exact) mass is 323 g/mol. The normalized spacial score (nSPS) is 11.2. The minimum Gasteiger partial charge on any atom is -0.461 e. The van der Waals surface area contributed by atoms with Crippen LogP contribution in [0.25, 0.3) is 0 Å². The molecule has 122 valence electrons. The van der Waals surface area contributed by atoms with Crippen LogP contribution < -0.4 is 5.32 Å². The molecule has 0 atom stereocenters. The molecule has 4 nitrogen and oxygen atoms in total. The van der Waals surface area contributed by atoms with E-state index in [1.807, 2.05) is 30.3 Å². The van der Waals surface area contributed by atoms with Crippen LogP contribution in [0.1, 0.15) is 32.8 Å². The van der Waals surface area contributed by atoms with Crippen LogP contribution in [0, 0.1) is 0 Å². The van der Waals surface area contributed by atoms with E-state index in [0.29, 0.717) is 25.4 Å². The number of benzene rings is 1. The van der Waals surface area contributed by atoms with E-state index < -0.39 is 0 Å². The highest BCUT2D eigenvalue weighted by Crippen LogP contribution is 2.22. The average molecular weight is 323 g/mol. The Labute approximate surface area is 137 Å². The van der Waals surface area contributed by atoms with E-state index in [9.17, 15) is 9.59 Å². The summed E-state index contributed by atoms with van der Waals surface area (Å²) in [5, 5.41) is 2.99. The van der Waals surface area contributed by atoms with E-state index in [0.717, 1.165) is 5.56 Å². The van der Waals surface area contributed by atoms with Gasteiger partial charge in [0.1, 0.15) is 6.61 Å². The molecular formula is C17H25NO3S. The molecule has 0 heterocycles. The first-order valence-electron chi connectivity index (χ1n) is 7.43. The molecule has 22 heavy (non-hydrogen) atoms. The molecule has 1 N–H and O–H groups in total. The Morgan fingerprint density at radius 2 is 1.86 bits per heavy atom. The molecule has 5 heteroatoms. The van der Waals surface area contributed by atoms with E-state index in [-0.39, 0.29) is 22.9 Å². The maximum Gasteiger partial charge on any atom is 0.307 e. The smallest absolute Gasteiger partial charge is 0.307 e. The van der Waals surface area contributed by atoms with Gasteiger partial charge in [-0.3, -0.25) is 9.59 Å². The summed E-state index contributed by atoms with van der Waals surface area (Å²) in [5.74, 6) is 0.389. The van der Waals surface area contributed by atoms with Gasteiger partial charge in [0.05, 0.1) is 18.7 Å². The van der Waals surface area contributed by atoms with Crippen molar-refractivity contribution in [1.29, 1.82) is 0 Å². The quantitative estimate of drug-likeness (QED) is 0.559. The molecule has 1 aromatic rings. The van der Waals surface area contributed by atoms with Gasteiger partial charge in [-0.15, -0.1) is 11.8 Å². The highest BCUT2D eigenvalue weighted by atomic mass is 32.2. The molecule has 0 bridgehead atoms. The lowest BCUT2D eigenvalue weighted by atomic mass is 10.2. The van der Waals surface area contributed by atoms with E-state index in [4.69, 9.17) is 4.74 Å². The van der Waals surface area contributed by atoms with Crippen LogP contribution in [0.4, 0.5) is 0 Å². The summed E-state index contributed by atoms with van der Waals surface area (Å²) >= 11 is 1.63. The molecule has 0 unspecified atom stereocenters. The van der Waals surface area contributed by atoms with E-state index >= 15 is 0 Å². The van der Waals surface area contributed by atoms with Crippen LogP contribution in [0.5, 0.6) is 0 Å². The van der Waals surface area contributed by atoms with Crippen LogP contribution in [0.15, 0.2) is 30.3 Å². The number of carbonyl (C=O) groups excluding carboxylic acids is 2. The topological polar surface area (TPSA) is 55.4 Å². The third kappa shape index (κ3) is 9.58. The average Bonchev–Trinajstić information content (AvgIpc) is 2.48.